The molecular weight excluding hydrogens is 360 g/mol. The molecule has 146 valence electrons. The quantitative estimate of drug-likeness (QED) is 0.824. The lowest BCUT2D eigenvalue weighted by Gasteiger charge is -2.28. The van der Waals surface area contributed by atoms with Crippen LogP contribution in [0.2, 0.25) is 0 Å². The largest absolute Gasteiger partial charge is 0.348 e. The molecule has 0 aliphatic rings. The number of likely N-dealkylation sites (N-methyl/N-ethyl adjacent to an activating group) is 1. The second-order valence-corrected chi connectivity index (χ2v) is 9.16. The molecule has 2 rings (SSSR count). The van der Waals surface area contributed by atoms with Crippen molar-refractivity contribution < 1.29 is 13.2 Å². The van der Waals surface area contributed by atoms with Crippen LogP contribution in [0.25, 0.3) is 0 Å². The fourth-order valence-corrected chi connectivity index (χ4v) is 3.77. The Morgan fingerprint density at radius 2 is 1.56 bits per heavy atom. The number of nitrogens with zero attached hydrogens (tertiary/aromatic N) is 1. The number of hydrogen-bond donors (Lipinski definition) is 1. The van der Waals surface area contributed by atoms with E-state index in [0.717, 1.165) is 27.3 Å². The summed E-state index contributed by atoms with van der Waals surface area (Å²) in [6.45, 7) is 8.03. The maximum absolute atomic E-state index is 13.1. The maximum atomic E-state index is 13.1. The van der Waals surface area contributed by atoms with Crippen molar-refractivity contribution in [3.8, 4) is 0 Å². The molecule has 0 saturated carbocycles. The second-order valence-electron chi connectivity index (χ2n) is 7.12. The van der Waals surface area contributed by atoms with E-state index in [1.807, 2.05) is 26.8 Å². The van der Waals surface area contributed by atoms with Crippen molar-refractivity contribution in [3.05, 3.63) is 70.3 Å². The SMILES string of the molecule is Cc1cc(C)c([C@@H](C)NC(=O)[C@H](c2ccccc2)N(C)S(C)(=O)=O)cc1C. The number of sulfonamides is 1. The molecule has 6 heteroatoms. The number of rotatable bonds is 6. The summed E-state index contributed by atoms with van der Waals surface area (Å²) in [5.41, 5.74) is 5.11. The highest BCUT2D eigenvalue weighted by molar-refractivity contribution is 7.88. The second kappa shape index (κ2) is 8.23. The van der Waals surface area contributed by atoms with Gasteiger partial charge in [-0.3, -0.25) is 4.79 Å². The first-order chi connectivity index (χ1) is 12.5. The van der Waals surface area contributed by atoms with Crippen LogP contribution in [0.5, 0.6) is 0 Å². The van der Waals surface area contributed by atoms with E-state index in [-0.39, 0.29) is 11.9 Å². The number of amides is 1. The third-order valence-corrected chi connectivity index (χ3v) is 6.22. The van der Waals surface area contributed by atoms with Crippen molar-refractivity contribution in [2.75, 3.05) is 13.3 Å². The molecule has 5 nitrogen and oxygen atoms in total. The van der Waals surface area contributed by atoms with Gasteiger partial charge in [0.1, 0.15) is 6.04 Å². The Kier molecular flexibility index (Phi) is 6.44. The van der Waals surface area contributed by atoms with Gasteiger partial charge in [-0.2, -0.15) is 4.31 Å². The van der Waals surface area contributed by atoms with Crippen LogP contribution in [0.4, 0.5) is 0 Å². The van der Waals surface area contributed by atoms with Crippen LogP contribution < -0.4 is 5.32 Å². The molecule has 0 aliphatic heterocycles. The van der Waals surface area contributed by atoms with Crippen LogP contribution in [0.3, 0.4) is 0 Å². The van der Waals surface area contributed by atoms with Crippen LogP contribution in [0, 0.1) is 20.8 Å². The van der Waals surface area contributed by atoms with Crippen molar-refractivity contribution in [2.24, 2.45) is 0 Å². The number of carbonyl (C=O) groups is 1. The number of nitrogens with one attached hydrogen (secondary N) is 1. The average Bonchev–Trinajstić information content (AvgIpc) is 2.58. The number of benzene rings is 2. The van der Waals surface area contributed by atoms with Gasteiger partial charge in [0.05, 0.1) is 12.3 Å². The molecule has 0 heterocycles. The van der Waals surface area contributed by atoms with Gasteiger partial charge in [-0.05, 0) is 55.5 Å². The lowest BCUT2D eigenvalue weighted by molar-refractivity contribution is -0.125. The predicted molar refractivity (Wildman–Crippen MR) is 109 cm³/mol. The summed E-state index contributed by atoms with van der Waals surface area (Å²) >= 11 is 0. The zero-order chi connectivity index (χ0) is 20.4. The van der Waals surface area contributed by atoms with Crippen molar-refractivity contribution in [2.45, 2.75) is 39.8 Å². The highest BCUT2D eigenvalue weighted by atomic mass is 32.2. The van der Waals surface area contributed by atoms with Crippen molar-refractivity contribution >= 4 is 15.9 Å². The minimum atomic E-state index is -3.54. The van der Waals surface area contributed by atoms with Gasteiger partial charge in [-0.1, -0.05) is 42.5 Å². The summed E-state index contributed by atoms with van der Waals surface area (Å²) < 4.78 is 25.3. The highest BCUT2D eigenvalue weighted by Gasteiger charge is 2.31. The lowest BCUT2D eigenvalue weighted by atomic mass is 9.96. The highest BCUT2D eigenvalue weighted by Crippen LogP contribution is 2.25. The number of hydrogen-bond acceptors (Lipinski definition) is 3. The van der Waals surface area contributed by atoms with E-state index < -0.39 is 16.1 Å². The zero-order valence-electron chi connectivity index (χ0n) is 16.8. The van der Waals surface area contributed by atoms with E-state index in [0.29, 0.717) is 5.56 Å². The number of carbonyl (C=O) groups excluding carboxylic acids is 1. The van der Waals surface area contributed by atoms with Crippen LogP contribution in [0.15, 0.2) is 42.5 Å². The van der Waals surface area contributed by atoms with Gasteiger partial charge in [-0.15, -0.1) is 0 Å². The monoisotopic (exact) mass is 388 g/mol. The fraction of sp³-hybridized carbons (Fsp3) is 0.381. The average molecular weight is 389 g/mol. The zero-order valence-corrected chi connectivity index (χ0v) is 17.6. The first-order valence-corrected chi connectivity index (χ1v) is 10.7. The molecule has 2 aromatic rings. The molecule has 0 saturated heterocycles. The standard InChI is InChI=1S/C21H28N2O3S/c1-14-12-16(3)19(13-15(14)2)17(4)22-21(24)20(23(5)27(6,25)26)18-10-8-7-9-11-18/h7-13,17,20H,1-6H3,(H,22,24)/t17-,20+/m1/s1. The Hall–Kier alpha value is -2.18. The minimum absolute atomic E-state index is 0.240. The molecule has 1 N–H and O–H groups in total. The molecule has 0 unspecified atom stereocenters. The van der Waals surface area contributed by atoms with Gasteiger partial charge >= 0.3 is 0 Å². The summed E-state index contributed by atoms with van der Waals surface area (Å²) in [6, 6.07) is 12.0. The molecule has 2 aromatic carbocycles. The van der Waals surface area contributed by atoms with Crippen molar-refractivity contribution in [1.82, 2.24) is 9.62 Å². The predicted octanol–water partition coefficient (Wildman–Crippen LogP) is 3.42. The van der Waals surface area contributed by atoms with E-state index in [4.69, 9.17) is 0 Å². The Morgan fingerprint density at radius 1 is 1.00 bits per heavy atom. The lowest BCUT2D eigenvalue weighted by Crippen LogP contribution is -2.42. The van der Waals surface area contributed by atoms with Gasteiger partial charge in [0.2, 0.25) is 15.9 Å². The van der Waals surface area contributed by atoms with Crippen LogP contribution in [-0.4, -0.2) is 31.9 Å². The summed E-state index contributed by atoms with van der Waals surface area (Å²) in [5, 5.41) is 2.99. The molecule has 0 fully saturated rings. The van der Waals surface area contributed by atoms with Gasteiger partial charge in [0, 0.05) is 7.05 Å². The van der Waals surface area contributed by atoms with Crippen LogP contribution >= 0.6 is 0 Å². The topological polar surface area (TPSA) is 66.5 Å². The Morgan fingerprint density at radius 3 is 2.11 bits per heavy atom. The van der Waals surface area contributed by atoms with Gasteiger partial charge in [0.25, 0.3) is 0 Å². The van der Waals surface area contributed by atoms with Gasteiger partial charge < -0.3 is 5.32 Å². The van der Waals surface area contributed by atoms with Crippen LogP contribution in [0.1, 0.15) is 46.8 Å². The molecule has 2 atom stereocenters. The third-order valence-electron chi connectivity index (χ3n) is 4.96. The molecule has 27 heavy (non-hydrogen) atoms. The third kappa shape index (κ3) is 4.96. The van der Waals surface area contributed by atoms with E-state index in [1.165, 1.54) is 12.6 Å². The first-order valence-electron chi connectivity index (χ1n) is 8.88. The Bertz CT molecular complexity index is 924. The maximum Gasteiger partial charge on any atom is 0.243 e. The normalized spacial score (nSPS) is 14.0. The van der Waals surface area contributed by atoms with Gasteiger partial charge in [0.15, 0.2) is 0 Å². The first kappa shape index (κ1) is 21.1. The summed E-state index contributed by atoms with van der Waals surface area (Å²) in [6.07, 6.45) is 1.10. The van der Waals surface area contributed by atoms with Crippen molar-refractivity contribution in [3.63, 3.8) is 0 Å². The molecular formula is C21H28N2O3S. The van der Waals surface area contributed by atoms with Crippen LogP contribution in [-0.2, 0) is 14.8 Å². The summed E-state index contributed by atoms with van der Waals surface area (Å²) in [5.74, 6) is -0.348. The smallest absolute Gasteiger partial charge is 0.243 e. The van der Waals surface area contributed by atoms with Gasteiger partial charge in [-0.25, -0.2) is 8.42 Å². The van der Waals surface area contributed by atoms with Crippen molar-refractivity contribution in [1.29, 1.82) is 0 Å². The molecule has 1 amide bonds. The molecule has 0 aromatic heterocycles. The summed E-state index contributed by atoms with van der Waals surface area (Å²) in [7, 11) is -2.11. The molecule has 0 radical (unpaired) electrons. The summed E-state index contributed by atoms with van der Waals surface area (Å²) in [4.78, 5) is 13.1. The van der Waals surface area contributed by atoms with E-state index in [9.17, 15) is 13.2 Å². The van der Waals surface area contributed by atoms with E-state index >= 15 is 0 Å². The molecule has 0 spiro atoms. The van der Waals surface area contributed by atoms with E-state index in [1.54, 1.807) is 24.3 Å². The number of aryl methyl sites for hydroxylation is 3. The Balaban J connectivity index is 2.35. The van der Waals surface area contributed by atoms with E-state index in [2.05, 4.69) is 24.4 Å². The molecule has 0 bridgehead atoms. The fourth-order valence-electron chi connectivity index (χ4n) is 3.17. The Labute approximate surface area is 162 Å². The molecule has 0 aliphatic carbocycles. The minimum Gasteiger partial charge on any atom is -0.348 e.